The van der Waals surface area contributed by atoms with Crippen LogP contribution in [0, 0.1) is 0 Å². The van der Waals surface area contributed by atoms with E-state index in [4.69, 9.17) is 11.6 Å². The third kappa shape index (κ3) is 4.24. The van der Waals surface area contributed by atoms with Crippen LogP contribution in [-0.2, 0) is 0 Å². The number of phenolic OH excluding ortho intramolecular Hbond substituents is 1. The van der Waals surface area contributed by atoms with Crippen molar-refractivity contribution < 1.29 is 19.5 Å². The number of halogens is 1. The van der Waals surface area contributed by atoms with Gasteiger partial charge in [0.1, 0.15) is 5.69 Å². The van der Waals surface area contributed by atoms with E-state index in [1.165, 1.54) is 0 Å². The molecule has 1 aliphatic carbocycles. The average Bonchev–Trinajstić information content (AvgIpc) is 2.96. The molecule has 0 aromatic heterocycles. The van der Waals surface area contributed by atoms with Crippen molar-refractivity contribution in [3.05, 3.63) is 130 Å². The number of rotatable bonds is 4. The molecule has 2 N–H and O–H groups in total. The van der Waals surface area contributed by atoms with Crippen molar-refractivity contribution in [2.24, 2.45) is 10.2 Å². The number of phenols is 1. The van der Waals surface area contributed by atoms with Crippen molar-refractivity contribution in [1.29, 1.82) is 0 Å². The lowest BCUT2D eigenvalue weighted by molar-refractivity contribution is 0.0979. The minimum absolute atomic E-state index is 0.00660. The van der Waals surface area contributed by atoms with Crippen molar-refractivity contribution in [3.63, 3.8) is 0 Å². The Hall–Kier alpha value is -5.14. The average molecular weight is 532 g/mol. The Kier molecular flexibility index (Phi) is 5.98. The van der Waals surface area contributed by atoms with Gasteiger partial charge in [-0.05, 0) is 41.8 Å². The van der Waals surface area contributed by atoms with E-state index in [-0.39, 0.29) is 45.4 Å². The highest BCUT2D eigenvalue weighted by atomic mass is 35.5. The van der Waals surface area contributed by atoms with E-state index < -0.39 is 5.91 Å². The molecule has 188 valence electrons. The first-order valence-corrected chi connectivity index (χ1v) is 12.3. The molecule has 7 nitrogen and oxygen atoms in total. The minimum atomic E-state index is -0.550. The molecule has 0 radical (unpaired) electrons. The number of azo groups is 1. The zero-order chi connectivity index (χ0) is 27.1. The SMILES string of the molecule is O=C(Nc1ccc(Cl)cc1)c1cc2ccccc2c(N=Nc2cccc3c2C(=O)c2ccccc2C3=O)c1O. The van der Waals surface area contributed by atoms with Crippen LogP contribution in [0.15, 0.2) is 107 Å². The lowest BCUT2D eigenvalue weighted by atomic mass is 9.83. The van der Waals surface area contributed by atoms with Gasteiger partial charge in [-0.15, -0.1) is 10.2 Å². The molecule has 6 rings (SSSR count). The van der Waals surface area contributed by atoms with Gasteiger partial charge in [-0.25, -0.2) is 0 Å². The van der Waals surface area contributed by atoms with Crippen LogP contribution in [-0.4, -0.2) is 22.6 Å². The first kappa shape index (κ1) is 24.2. The molecular weight excluding hydrogens is 514 g/mol. The maximum atomic E-state index is 13.3. The standard InChI is InChI=1S/C31H18ClN3O4/c32-18-12-14-19(15-13-18)33-31(39)24-16-17-6-1-2-7-20(17)27(30(24)38)35-34-25-11-5-10-23-26(25)29(37)22-9-4-3-8-21(22)28(23)36/h1-16,38H,(H,33,39). The predicted octanol–water partition coefficient (Wildman–Crippen LogP) is 7.64. The quantitative estimate of drug-likeness (QED) is 0.228. The predicted molar refractivity (Wildman–Crippen MR) is 149 cm³/mol. The molecule has 0 unspecified atom stereocenters. The van der Waals surface area contributed by atoms with E-state index in [1.807, 2.05) is 0 Å². The van der Waals surface area contributed by atoms with Crippen LogP contribution in [0.5, 0.6) is 5.75 Å². The molecule has 5 aromatic rings. The lowest BCUT2D eigenvalue weighted by Crippen LogP contribution is -2.20. The molecule has 5 aromatic carbocycles. The second kappa shape index (κ2) is 9.63. The number of carbonyl (C=O) groups excluding carboxylic acids is 3. The fourth-order valence-corrected chi connectivity index (χ4v) is 4.76. The highest BCUT2D eigenvalue weighted by Crippen LogP contribution is 2.41. The summed E-state index contributed by atoms with van der Waals surface area (Å²) >= 11 is 5.93. The lowest BCUT2D eigenvalue weighted by Gasteiger charge is -2.18. The number of anilines is 1. The van der Waals surface area contributed by atoms with Gasteiger partial charge in [0.2, 0.25) is 0 Å². The molecule has 0 bridgehead atoms. The van der Waals surface area contributed by atoms with Crippen LogP contribution in [0.1, 0.15) is 42.2 Å². The molecule has 0 aliphatic heterocycles. The molecule has 0 heterocycles. The van der Waals surface area contributed by atoms with Crippen molar-refractivity contribution in [2.75, 3.05) is 5.32 Å². The highest BCUT2D eigenvalue weighted by molar-refractivity contribution is 6.31. The van der Waals surface area contributed by atoms with Crippen LogP contribution in [0.4, 0.5) is 17.1 Å². The number of amides is 1. The van der Waals surface area contributed by atoms with Crippen molar-refractivity contribution >= 4 is 56.9 Å². The summed E-state index contributed by atoms with van der Waals surface area (Å²) in [6, 6.07) is 26.7. The van der Waals surface area contributed by atoms with Gasteiger partial charge in [0.05, 0.1) is 16.8 Å². The number of aromatic hydroxyl groups is 1. The fourth-order valence-electron chi connectivity index (χ4n) is 4.64. The number of fused-ring (bicyclic) bond motifs is 3. The van der Waals surface area contributed by atoms with Crippen LogP contribution >= 0.6 is 11.6 Å². The first-order chi connectivity index (χ1) is 18.9. The number of nitrogens with one attached hydrogen (secondary N) is 1. The van der Waals surface area contributed by atoms with Gasteiger partial charge in [-0.2, -0.15) is 0 Å². The third-order valence-corrected chi connectivity index (χ3v) is 6.78. The Morgan fingerprint density at radius 2 is 1.41 bits per heavy atom. The highest BCUT2D eigenvalue weighted by Gasteiger charge is 2.31. The molecular formula is C31H18ClN3O4. The molecule has 39 heavy (non-hydrogen) atoms. The van der Waals surface area contributed by atoms with Gasteiger partial charge in [-0.1, -0.05) is 72.3 Å². The summed E-state index contributed by atoms with van der Waals surface area (Å²) in [6.07, 6.45) is 0. The van der Waals surface area contributed by atoms with Gasteiger partial charge < -0.3 is 10.4 Å². The number of benzene rings is 5. The van der Waals surface area contributed by atoms with Gasteiger partial charge >= 0.3 is 0 Å². The van der Waals surface area contributed by atoms with Gasteiger partial charge in [0.15, 0.2) is 17.3 Å². The number of hydrogen-bond donors (Lipinski definition) is 2. The monoisotopic (exact) mass is 531 g/mol. The molecule has 1 aliphatic rings. The Bertz CT molecular complexity index is 1860. The summed E-state index contributed by atoms with van der Waals surface area (Å²) in [4.78, 5) is 39.5. The van der Waals surface area contributed by atoms with Gasteiger partial charge in [0, 0.05) is 32.8 Å². The maximum Gasteiger partial charge on any atom is 0.259 e. The smallest absolute Gasteiger partial charge is 0.259 e. The Morgan fingerprint density at radius 1 is 0.744 bits per heavy atom. The molecule has 1 amide bonds. The molecule has 0 saturated heterocycles. The minimum Gasteiger partial charge on any atom is -0.505 e. The van der Waals surface area contributed by atoms with E-state index >= 15 is 0 Å². The van der Waals surface area contributed by atoms with Crippen LogP contribution in [0.3, 0.4) is 0 Å². The molecule has 0 fully saturated rings. The van der Waals surface area contributed by atoms with Crippen LogP contribution < -0.4 is 5.32 Å². The topological polar surface area (TPSA) is 108 Å². The van der Waals surface area contributed by atoms with Crippen molar-refractivity contribution in [1.82, 2.24) is 0 Å². The maximum absolute atomic E-state index is 13.3. The zero-order valence-corrected chi connectivity index (χ0v) is 20.9. The Labute approximate surface area is 227 Å². The summed E-state index contributed by atoms with van der Waals surface area (Å²) in [5, 5.41) is 24.2. The van der Waals surface area contributed by atoms with Gasteiger partial charge in [0.25, 0.3) is 5.91 Å². The molecule has 0 spiro atoms. The first-order valence-electron chi connectivity index (χ1n) is 12.0. The zero-order valence-electron chi connectivity index (χ0n) is 20.2. The number of nitrogens with zero attached hydrogens (tertiary/aromatic N) is 2. The molecule has 0 atom stereocenters. The van der Waals surface area contributed by atoms with Gasteiger partial charge in [-0.3, -0.25) is 14.4 Å². The second-order valence-corrected chi connectivity index (χ2v) is 9.34. The van der Waals surface area contributed by atoms with E-state index in [2.05, 4.69) is 15.5 Å². The number of ketones is 2. The fraction of sp³-hybridized carbons (Fsp3) is 0. The van der Waals surface area contributed by atoms with E-state index in [9.17, 15) is 19.5 Å². The normalized spacial score (nSPS) is 12.4. The van der Waals surface area contributed by atoms with Crippen LogP contribution in [0.2, 0.25) is 5.02 Å². The summed E-state index contributed by atoms with van der Waals surface area (Å²) in [5.74, 6) is -1.53. The van der Waals surface area contributed by atoms with E-state index in [0.717, 1.165) is 0 Å². The van der Waals surface area contributed by atoms with Crippen LogP contribution in [0.25, 0.3) is 10.8 Å². The summed E-state index contributed by atoms with van der Waals surface area (Å²) in [7, 11) is 0. The Morgan fingerprint density at radius 3 is 2.18 bits per heavy atom. The Balaban J connectivity index is 1.44. The second-order valence-electron chi connectivity index (χ2n) is 8.91. The van der Waals surface area contributed by atoms with Crippen molar-refractivity contribution in [3.8, 4) is 5.75 Å². The molecule has 0 saturated carbocycles. The third-order valence-electron chi connectivity index (χ3n) is 6.53. The summed E-state index contributed by atoms with van der Waals surface area (Å²) in [5.41, 5.74) is 1.75. The largest absolute Gasteiger partial charge is 0.505 e. The number of carbonyl (C=O) groups is 3. The summed E-state index contributed by atoms with van der Waals surface area (Å²) < 4.78 is 0. The van der Waals surface area contributed by atoms with Crippen molar-refractivity contribution in [2.45, 2.75) is 0 Å². The summed E-state index contributed by atoms with van der Waals surface area (Å²) in [6.45, 7) is 0. The van der Waals surface area contributed by atoms with E-state index in [0.29, 0.717) is 32.6 Å². The number of hydrogen-bond acceptors (Lipinski definition) is 6. The molecule has 8 heteroatoms. The van der Waals surface area contributed by atoms with E-state index in [1.54, 1.807) is 97.1 Å².